The maximum absolute atomic E-state index is 3.44. The molecular weight excluding hydrogens is 359 g/mol. The molecular formula is C20H30Cl2Ti. The molecule has 3 heteroatoms. The van der Waals surface area contributed by atoms with Gasteiger partial charge in [-0.25, -0.2) is 5.57 Å². The van der Waals surface area contributed by atoms with Crippen LogP contribution >= 0.6 is 24.8 Å². The SMILES string of the molecule is CC(C)(C)c1[c-]cccc1.CC1=[C-]C(C)(C)C(C)=C1C.Cl.Cl.[Ti+2]. The van der Waals surface area contributed by atoms with Crippen LogP contribution in [0.5, 0.6) is 0 Å². The first kappa shape index (κ1) is 27.8. The summed E-state index contributed by atoms with van der Waals surface area (Å²) in [6.45, 7) is 17.5. The summed E-state index contributed by atoms with van der Waals surface area (Å²) >= 11 is 0. The fourth-order valence-corrected chi connectivity index (χ4v) is 2.27. The third-order valence-corrected chi connectivity index (χ3v) is 4.08. The Morgan fingerprint density at radius 3 is 1.65 bits per heavy atom. The van der Waals surface area contributed by atoms with E-state index in [1.54, 1.807) is 0 Å². The Labute approximate surface area is 170 Å². The summed E-state index contributed by atoms with van der Waals surface area (Å²) in [6.07, 6.45) is 3.44. The van der Waals surface area contributed by atoms with Crippen molar-refractivity contribution in [3.05, 3.63) is 58.7 Å². The predicted molar refractivity (Wildman–Crippen MR) is 103 cm³/mol. The van der Waals surface area contributed by atoms with Crippen LogP contribution in [-0.2, 0) is 27.1 Å². The van der Waals surface area contributed by atoms with Gasteiger partial charge in [-0.2, -0.15) is 47.0 Å². The molecule has 0 amide bonds. The molecule has 1 aliphatic rings. The van der Waals surface area contributed by atoms with E-state index in [9.17, 15) is 0 Å². The summed E-state index contributed by atoms with van der Waals surface area (Å²) in [7, 11) is 0. The Bertz CT molecular complexity index is 520. The van der Waals surface area contributed by atoms with Crippen molar-refractivity contribution in [2.24, 2.45) is 5.41 Å². The first-order valence-corrected chi connectivity index (χ1v) is 7.33. The Morgan fingerprint density at radius 2 is 1.48 bits per heavy atom. The van der Waals surface area contributed by atoms with Crippen molar-refractivity contribution in [3.63, 3.8) is 0 Å². The molecule has 0 aliphatic heterocycles. The van der Waals surface area contributed by atoms with E-state index in [1.165, 1.54) is 22.3 Å². The van der Waals surface area contributed by atoms with Crippen LogP contribution in [0.25, 0.3) is 0 Å². The first-order chi connectivity index (χ1) is 9.05. The monoisotopic (exact) mass is 388 g/mol. The molecule has 0 atom stereocenters. The third kappa shape index (κ3) is 8.08. The summed E-state index contributed by atoms with van der Waals surface area (Å²) in [5, 5.41) is 0. The minimum Gasteiger partial charge on any atom is -0.263 e. The normalized spacial score (nSPS) is 15.2. The molecule has 2 rings (SSSR count). The Balaban J connectivity index is -0.000000308. The van der Waals surface area contributed by atoms with Gasteiger partial charge in [0, 0.05) is 0 Å². The molecule has 0 radical (unpaired) electrons. The van der Waals surface area contributed by atoms with E-state index in [2.05, 4.69) is 79.7 Å². The fourth-order valence-electron chi connectivity index (χ4n) is 2.27. The molecule has 0 spiro atoms. The van der Waals surface area contributed by atoms with Crippen molar-refractivity contribution in [2.75, 3.05) is 0 Å². The fraction of sp³-hybridized carbons (Fsp3) is 0.500. The van der Waals surface area contributed by atoms with Gasteiger partial charge in [-0.1, -0.05) is 53.9 Å². The molecule has 0 saturated heterocycles. The second-order valence-corrected chi connectivity index (χ2v) is 7.15. The maximum atomic E-state index is 3.44. The number of halogens is 2. The van der Waals surface area contributed by atoms with Gasteiger partial charge in [0.2, 0.25) is 0 Å². The maximum Gasteiger partial charge on any atom is 2.00 e. The van der Waals surface area contributed by atoms with E-state index in [4.69, 9.17) is 0 Å². The molecule has 0 saturated carbocycles. The van der Waals surface area contributed by atoms with Crippen LogP contribution in [0.3, 0.4) is 0 Å². The number of allylic oxidation sites excluding steroid dienone is 4. The van der Waals surface area contributed by atoms with Gasteiger partial charge in [-0.3, -0.25) is 6.08 Å². The zero-order valence-corrected chi connectivity index (χ0v) is 18.8. The van der Waals surface area contributed by atoms with Crippen molar-refractivity contribution < 1.29 is 21.7 Å². The van der Waals surface area contributed by atoms with Crippen molar-refractivity contribution >= 4 is 24.8 Å². The van der Waals surface area contributed by atoms with E-state index in [-0.39, 0.29) is 57.4 Å². The molecule has 0 unspecified atom stereocenters. The molecule has 0 fully saturated rings. The van der Waals surface area contributed by atoms with Crippen LogP contribution in [0, 0.1) is 17.6 Å². The van der Waals surface area contributed by atoms with Crippen molar-refractivity contribution in [2.45, 2.75) is 60.8 Å². The average Bonchev–Trinajstić information content (AvgIpc) is 2.53. The topological polar surface area (TPSA) is 0 Å². The van der Waals surface area contributed by atoms with Crippen LogP contribution < -0.4 is 0 Å². The van der Waals surface area contributed by atoms with E-state index in [0.29, 0.717) is 0 Å². The van der Waals surface area contributed by atoms with E-state index >= 15 is 0 Å². The second-order valence-electron chi connectivity index (χ2n) is 7.15. The van der Waals surface area contributed by atoms with E-state index in [1.807, 2.05) is 12.1 Å². The smallest absolute Gasteiger partial charge is 0.263 e. The average molecular weight is 389 g/mol. The van der Waals surface area contributed by atoms with Gasteiger partial charge in [0.25, 0.3) is 0 Å². The summed E-state index contributed by atoms with van der Waals surface area (Å²) in [4.78, 5) is 0. The molecule has 23 heavy (non-hydrogen) atoms. The summed E-state index contributed by atoms with van der Waals surface area (Å²) in [6, 6.07) is 11.3. The van der Waals surface area contributed by atoms with Crippen LogP contribution in [0.15, 0.2) is 41.0 Å². The molecule has 0 nitrogen and oxygen atoms in total. The summed E-state index contributed by atoms with van der Waals surface area (Å²) in [5.41, 5.74) is 5.91. The molecule has 0 bridgehead atoms. The van der Waals surface area contributed by atoms with E-state index < -0.39 is 0 Å². The standard InChI is InChI=1S/C10H15.C10H13.2ClH.Ti/c1-7-6-10(4,5)9(3)8(7)2;1-10(2,3)9-7-5-4-6-8-9;;;/h1-5H3;4-7H,1-3H3;2*1H;/q2*-1;;;+2. The Kier molecular flexibility index (Phi) is 13.0. The zero-order chi connectivity index (χ0) is 15.6. The molecule has 1 aliphatic carbocycles. The third-order valence-electron chi connectivity index (χ3n) is 4.08. The molecule has 1 aromatic carbocycles. The van der Waals surface area contributed by atoms with Crippen molar-refractivity contribution in [1.82, 2.24) is 0 Å². The number of hydrogen-bond acceptors (Lipinski definition) is 0. The van der Waals surface area contributed by atoms with Gasteiger partial charge in [-0.05, 0) is 5.41 Å². The molecule has 0 N–H and O–H groups in total. The summed E-state index contributed by atoms with van der Waals surface area (Å²) < 4.78 is 0. The number of benzene rings is 1. The zero-order valence-electron chi connectivity index (χ0n) is 15.6. The minimum absolute atomic E-state index is 0. The minimum atomic E-state index is 0. The van der Waals surface area contributed by atoms with Crippen molar-refractivity contribution in [3.8, 4) is 0 Å². The van der Waals surface area contributed by atoms with Crippen LogP contribution in [0.4, 0.5) is 0 Å². The van der Waals surface area contributed by atoms with Gasteiger partial charge >= 0.3 is 21.7 Å². The van der Waals surface area contributed by atoms with Crippen LogP contribution in [0.1, 0.15) is 61.0 Å². The Hall–Kier alpha value is -0.00571. The van der Waals surface area contributed by atoms with E-state index in [0.717, 1.165) is 0 Å². The van der Waals surface area contributed by atoms with Gasteiger partial charge in [0.1, 0.15) is 0 Å². The first-order valence-electron chi connectivity index (χ1n) is 7.33. The van der Waals surface area contributed by atoms with Gasteiger partial charge < -0.3 is 0 Å². The quantitative estimate of drug-likeness (QED) is 0.341. The van der Waals surface area contributed by atoms with Crippen molar-refractivity contribution in [1.29, 1.82) is 0 Å². The second kappa shape index (κ2) is 10.8. The summed E-state index contributed by atoms with van der Waals surface area (Å²) in [5.74, 6) is 0. The molecule has 1 aromatic rings. The van der Waals surface area contributed by atoms with Gasteiger partial charge in [0.15, 0.2) is 0 Å². The van der Waals surface area contributed by atoms with Crippen LogP contribution in [0.2, 0.25) is 0 Å². The van der Waals surface area contributed by atoms with Gasteiger partial charge in [-0.15, -0.1) is 31.7 Å². The largest absolute Gasteiger partial charge is 2.00 e. The molecule has 0 aromatic heterocycles. The molecule has 0 heterocycles. The molecule has 128 valence electrons. The number of hydrogen-bond donors (Lipinski definition) is 0. The Morgan fingerprint density at radius 1 is 0.957 bits per heavy atom. The van der Waals surface area contributed by atoms with Crippen LogP contribution in [-0.4, -0.2) is 0 Å². The number of rotatable bonds is 0. The van der Waals surface area contributed by atoms with Gasteiger partial charge in [0.05, 0.1) is 0 Å². The predicted octanol–water partition coefficient (Wildman–Crippen LogP) is 6.74.